The number of hydrogen-bond donors (Lipinski definition) is 2. The van der Waals surface area contributed by atoms with Crippen molar-refractivity contribution in [1.29, 1.82) is 0 Å². The van der Waals surface area contributed by atoms with Crippen molar-refractivity contribution < 1.29 is 29.5 Å². The van der Waals surface area contributed by atoms with E-state index in [0.717, 1.165) is 16.8 Å². The summed E-state index contributed by atoms with van der Waals surface area (Å²) in [5.74, 6) is -1.66. The van der Waals surface area contributed by atoms with E-state index in [1.54, 1.807) is 48.2 Å². The van der Waals surface area contributed by atoms with Gasteiger partial charge in [0.15, 0.2) is 5.60 Å². The third-order valence-corrected chi connectivity index (χ3v) is 8.22. The third kappa shape index (κ3) is 5.97. The van der Waals surface area contributed by atoms with Crippen molar-refractivity contribution in [2.75, 3.05) is 29.5 Å². The molecule has 1 fully saturated rings. The van der Waals surface area contributed by atoms with Gasteiger partial charge in [0.25, 0.3) is 11.6 Å². The normalized spacial score (nSPS) is 18.3. The monoisotopic (exact) mass is 598 g/mol. The van der Waals surface area contributed by atoms with Crippen LogP contribution in [-0.4, -0.2) is 57.5 Å². The number of carbonyl (C=O) groups is 3. The molecule has 0 bridgehead atoms. The first-order chi connectivity index (χ1) is 21.1. The largest absolute Gasteiger partial charge is 0.395 e. The highest BCUT2D eigenvalue weighted by Gasteiger charge is 2.53. The molecule has 1 saturated heterocycles. The minimum Gasteiger partial charge on any atom is -0.395 e. The Kier molecular flexibility index (Phi) is 8.88. The summed E-state index contributed by atoms with van der Waals surface area (Å²) in [5.41, 5.74) is 0.540. The molecule has 44 heavy (non-hydrogen) atoms. The van der Waals surface area contributed by atoms with Gasteiger partial charge in [-0.05, 0) is 29.3 Å². The van der Waals surface area contributed by atoms with Crippen LogP contribution < -0.4 is 9.80 Å². The third-order valence-electron chi connectivity index (χ3n) is 8.22. The molecular weight excluding hydrogens is 564 g/mol. The Labute approximate surface area is 254 Å². The first-order valence-electron chi connectivity index (χ1n) is 14.4. The van der Waals surface area contributed by atoms with Crippen LogP contribution in [0.3, 0.4) is 0 Å². The van der Waals surface area contributed by atoms with Crippen LogP contribution in [0.4, 0.5) is 17.1 Å². The molecule has 2 heterocycles. The lowest BCUT2D eigenvalue weighted by Crippen LogP contribution is -2.44. The van der Waals surface area contributed by atoms with E-state index in [-0.39, 0.29) is 49.2 Å². The Morgan fingerprint density at radius 1 is 1.09 bits per heavy atom. The fourth-order valence-electron chi connectivity index (χ4n) is 5.62. The van der Waals surface area contributed by atoms with Gasteiger partial charge in [-0.2, -0.15) is 0 Å². The van der Waals surface area contributed by atoms with Gasteiger partial charge in [-0.15, -0.1) is 0 Å². The molecule has 11 heteroatoms. The van der Waals surface area contributed by atoms with Gasteiger partial charge in [0, 0.05) is 61.8 Å². The topological polar surface area (TPSA) is 145 Å². The fourth-order valence-corrected chi connectivity index (χ4v) is 5.62. The Hall–Kier alpha value is -4.87. The second-order valence-corrected chi connectivity index (χ2v) is 11.0. The maximum absolute atomic E-state index is 13.9. The maximum atomic E-state index is 13.9. The summed E-state index contributed by atoms with van der Waals surface area (Å²) in [4.78, 5) is 54.3. The lowest BCUT2D eigenvalue weighted by molar-refractivity contribution is -0.385. The molecule has 3 aromatic carbocycles. The molecule has 2 aliphatic heterocycles. The highest BCUT2D eigenvalue weighted by molar-refractivity contribution is 6.07. The summed E-state index contributed by atoms with van der Waals surface area (Å²) in [7, 11) is 0. The average Bonchev–Trinajstić information content (AvgIpc) is 3.23. The van der Waals surface area contributed by atoms with E-state index >= 15 is 0 Å². The van der Waals surface area contributed by atoms with Gasteiger partial charge in [-0.25, -0.2) is 0 Å². The van der Waals surface area contributed by atoms with Crippen molar-refractivity contribution in [3.8, 4) is 0 Å². The number of β-lactam (4-membered cyclic amide) rings is 1. The molecule has 5 rings (SSSR count). The van der Waals surface area contributed by atoms with Gasteiger partial charge in [0.1, 0.15) is 0 Å². The van der Waals surface area contributed by atoms with Crippen molar-refractivity contribution >= 4 is 34.8 Å². The number of anilines is 2. The molecule has 0 saturated carbocycles. The van der Waals surface area contributed by atoms with Gasteiger partial charge in [0.05, 0.1) is 23.8 Å². The molecule has 3 amide bonds. The molecule has 0 unspecified atom stereocenters. The summed E-state index contributed by atoms with van der Waals surface area (Å²) < 4.78 is 0. The van der Waals surface area contributed by atoms with Crippen molar-refractivity contribution in [1.82, 2.24) is 4.90 Å². The van der Waals surface area contributed by atoms with E-state index in [9.17, 15) is 34.7 Å². The maximum Gasteiger partial charge on any atom is 0.269 e. The predicted octanol–water partition coefficient (Wildman–Crippen LogP) is 3.67. The molecular formula is C33H34N4O7. The molecule has 2 N–H and O–H groups in total. The SMILES string of the molecule is C[C@@H](/C=C/CC(=O)N(CCO)Cc1ccccc1)[C@]1(O)C(=O)N(Cc2ccc(N3CCC3=O)cc2)c2ccc([N+](=O)[O-])cc21. The number of nitro groups is 1. The molecule has 2 atom stereocenters. The Morgan fingerprint density at radius 3 is 2.43 bits per heavy atom. The quantitative estimate of drug-likeness (QED) is 0.140. The molecule has 0 aromatic heterocycles. The fraction of sp³-hybridized carbons (Fsp3) is 0.303. The number of fused-ring (bicyclic) bond motifs is 1. The van der Waals surface area contributed by atoms with Crippen molar-refractivity contribution in [2.45, 2.75) is 38.5 Å². The molecule has 0 spiro atoms. The van der Waals surface area contributed by atoms with Gasteiger partial charge >= 0.3 is 0 Å². The van der Waals surface area contributed by atoms with Crippen LogP contribution in [0.15, 0.2) is 84.9 Å². The predicted molar refractivity (Wildman–Crippen MR) is 163 cm³/mol. The molecule has 3 aromatic rings. The van der Waals surface area contributed by atoms with Crippen molar-refractivity contribution in [3.63, 3.8) is 0 Å². The highest BCUT2D eigenvalue weighted by atomic mass is 16.6. The average molecular weight is 599 g/mol. The summed E-state index contributed by atoms with van der Waals surface area (Å²) in [5, 5.41) is 33.0. The Balaban J connectivity index is 1.35. The number of amides is 3. The van der Waals surface area contributed by atoms with Crippen LogP contribution in [0, 0.1) is 16.0 Å². The summed E-state index contributed by atoms with van der Waals surface area (Å²) in [6.07, 6.45) is 3.63. The van der Waals surface area contributed by atoms with Gasteiger partial charge in [0.2, 0.25) is 11.8 Å². The lowest BCUT2D eigenvalue weighted by atomic mass is 9.82. The number of nitro benzene ring substituents is 1. The molecule has 228 valence electrons. The van der Waals surface area contributed by atoms with Crippen LogP contribution in [0.25, 0.3) is 0 Å². The zero-order chi connectivity index (χ0) is 31.4. The molecule has 0 aliphatic carbocycles. The zero-order valence-corrected chi connectivity index (χ0v) is 24.3. The second-order valence-electron chi connectivity index (χ2n) is 11.0. The number of aliphatic hydroxyl groups is 2. The van der Waals surface area contributed by atoms with E-state index in [1.807, 2.05) is 30.3 Å². The number of carbonyl (C=O) groups excluding carboxylic acids is 3. The number of aliphatic hydroxyl groups excluding tert-OH is 1. The number of non-ortho nitro benzene ring substituents is 1. The zero-order valence-electron chi connectivity index (χ0n) is 24.3. The first-order valence-corrected chi connectivity index (χ1v) is 14.4. The van der Waals surface area contributed by atoms with Gasteiger partial charge in [-0.1, -0.05) is 61.5 Å². The first kappa shape index (κ1) is 30.6. The Morgan fingerprint density at radius 2 is 1.82 bits per heavy atom. The summed E-state index contributed by atoms with van der Waals surface area (Å²) in [6, 6.07) is 20.6. The van der Waals surface area contributed by atoms with Gasteiger partial charge < -0.3 is 24.9 Å². The van der Waals surface area contributed by atoms with Crippen molar-refractivity contribution in [2.24, 2.45) is 5.92 Å². The van der Waals surface area contributed by atoms with Crippen LogP contribution in [0.5, 0.6) is 0 Å². The van der Waals surface area contributed by atoms with Crippen LogP contribution in [0.1, 0.15) is 36.5 Å². The summed E-state index contributed by atoms with van der Waals surface area (Å²) in [6.45, 7) is 2.67. The lowest BCUT2D eigenvalue weighted by Gasteiger charge is -2.31. The van der Waals surface area contributed by atoms with Crippen molar-refractivity contribution in [3.05, 3.63) is 112 Å². The molecule has 0 radical (unpaired) electrons. The standard InChI is InChI=1S/C33H34N4O7/c1-23(6-5-9-30(39)34(18-19-38)21-24-7-3-2-4-8-24)33(42)28-20-27(37(43)44)14-15-29(28)36(32(33)41)22-25-10-12-26(13-11-25)35-17-16-31(35)40/h2-8,10-15,20,23,38,42H,9,16-19,21-22H2,1H3/b6-5+/t23-,33+/m0/s1. The minimum atomic E-state index is -2.11. The molecule has 2 aliphatic rings. The summed E-state index contributed by atoms with van der Waals surface area (Å²) >= 11 is 0. The van der Waals surface area contributed by atoms with Crippen LogP contribution in [-0.2, 0) is 33.1 Å². The van der Waals surface area contributed by atoms with E-state index < -0.39 is 22.3 Å². The van der Waals surface area contributed by atoms with Crippen LogP contribution >= 0.6 is 0 Å². The number of nitrogens with zero attached hydrogens (tertiary/aromatic N) is 4. The Bertz CT molecular complexity index is 1590. The van der Waals surface area contributed by atoms with E-state index in [1.165, 1.54) is 28.0 Å². The van der Waals surface area contributed by atoms with E-state index in [2.05, 4.69) is 0 Å². The van der Waals surface area contributed by atoms with E-state index in [0.29, 0.717) is 25.2 Å². The minimum absolute atomic E-state index is 0.0289. The number of rotatable bonds is 12. The molecule has 11 nitrogen and oxygen atoms in total. The van der Waals surface area contributed by atoms with Gasteiger partial charge in [-0.3, -0.25) is 24.5 Å². The van der Waals surface area contributed by atoms with Crippen LogP contribution in [0.2, 0.25) is 0 Å². The number of hydrogen-bond acceptors (Lipinski definition) is 7. The highest BCUT2D eigenvalue weighted by Crippen LogP contribution is 2.47. The smallest absolute Gasteiger partial charge is 0.269 e. The van der Waals surface area contributed by atoms with E-state index in [4.69, 9.17) is 0 Å². The number of benzene rings is 3. The second kappa shape index (κ2) is 12.8.